The van der Waals surface area contributed by atoms with Crippen molar-refractivity contribution in [3.63, 3.8) is 0 Å². The molecule has 3 unspecified atom stereocenters. The van der Waals surface area contributed by atoms with Crippen LogP contribution in [0.1, 0.15) is 43.5 Å². The van der Waals surface area contributed by atoms with Crippen LogP contribution in [0.3, 0.4) is 0 Å². The monoisotopic (exact) mass is 260 g/mol. The SMILES string of the molecule is CNC(=O)c1cccc(NC2CCC(C)C(C)C2)c1. The second-order valence-corrected chi connectivity index (χ2v) is 5.77. The number of amides is 1. The number of benzene rings is 1. The molecule has 3 nitrogen and oxygen atoms in total. The van der Waals surface area contributed by atoms with E-state index in [0.29, 0.717) is 11.6 Å². The van der Waals surface area contributed by atoms with Gasteiger partial charge in [0.25, 0.3) is 5.91 Å². The largest absolute Gasteiger partial charge is 0.382 e. The predicted octanol–water partition coefficient (Wildman–Crippen LogP) is 3.28. The Balaban J connectivity index is 2.01. The van der Waals surface area contributed by atoms with Crippen LogP contribution in [-0.2, 0) is 0 Å². The van der Waals surface area contributed by atoms with Crippen LogP contribution in [-0.4, -0.2) is 19.0 Å². The van der Waals surface area contributed by atoms with E-state index in [1.165, 1.54) is 19.3 Å². The Bertz CT molecular complexity index is 444. The number of hydrogen-bond donors (Lipinski definition) is 2. The molecule has 1 aromatic rings. The zero-order valence-electron chi connectivity index (χ0n) is 12.1. The first-order chi connectivity index (χ1) is 9.10. The lowest BCUT2D eigenvalue weighted by atomic mass is 9.79. The first-order valence-electron chi connectivity index (χ1n) is 7.19. The van der Waals surface area contributed by atoms with E-state index >= 15 is 0 Å². The van der Waals surface area contributed by atoms with Crippen LogP contribution < -0.4 is 10.6 Å². The van der Waals surface area contributed by atoms with E-state index in [1.807, 2.05) is 24.3 Å². The summed E-state index contributed by atoms with van der Waals surface area (Å²) in [6, 6.07) is 8.28. The van der Waals surface area contributed by atoms with Gasteiger partial charge in [-0.05, 0) is 49.3 Å². The molecule has 0 spiro atoms. The third-order valence-electron chi connectivity index (χ3n) is 4.32. The topological polar surface area (TPSA) is 41.1 Å². The van der Waals surface area contributed by atoms with E-state index < -0.39 is 0 Å². The summed E-state index contributed by atoms with van der Waals surface area (Å²) in [6.07, 6.45) is 3.72. The molecule has 104 valence electrons. The lowest BCUT2D eigenvalue weighted by molar-refractivity contribution is 0.0963. The molecule has 0 heterocycles. The summed E-state index contributed by atoms with van der Waals surface area (Å²) >= 11 is 0. The maximum atomic E-state index is 11.6. The van der Waals surface area contributed by atoms with Gasteiger partial charge in [-0.3, -0.25) is 4.79 Å². The van der Waals surface area contributed by atoms with Crippen molar-refractivity contribution in [2.45, 2.75) is 39.2 Å². The molecule has 3 heteroatoms. The smallest absolute Gasteiger partial charge is 0.251 e. The molecule has 1 aliphatic rings. The highest BCUT2D eigenvalue weighted by Gasteiger charge is 2.24. The molecule has 0 bridgehead atoms. The molecule has 3 atom stereocenters. The van der Waals surface area contributed by atoms with Crippen molar-refractivity contribution in [3.05, 3.63) is 29.8 Å². The van der Waals surface area contributed by atoms with Crippen LogP contribution in [0.5, 0.6) is 0 Å². The molecule has 1 fully saturated rings. The minimum Gasteiger partial charge on any atom is -0.382 e. The van der Waals surface area contributed by atoms with Crippen molar-refractivity contribution in [2.75, 3.05) is 12.4 Å². The van der Waals surface area contributed by atoms with Gasteiger partial charge in [0, 0.05) is 24.3 Å². The molecule has 0 aromatic heterocycles. The molecule has 1 amide bonds. The number of hydrogen-bond acceptors (Lipinski definition) is 2. The number of rotatable bonds is 3. The second kappa shape index (κ2) is 6.09. The summed E-state index contributed by atoms with van der Waals surface area (Å²) in [5.41, 5.74) is 1.76. The molecule has 0 radical (unpaired) electrons. The molecule has 2 rings (SSSR count). The fourth-order valence-corrected chi connectivity index (χ4v) is 2.81. The highest BCUT2D eigenvalue weighted by molar-refractivity contribution is 5.94. The predicted molar refractivity (Wildman–Crippen MR) is 79.4 cm³/mol. The average molecular weight is 260 g/mol. The summed E-state index contributed by atoms with van der Waals surface area (Å²) in [4.78, 5) is 11.6. The quantitative estimate of drug-likeness (QED) is 0.875. The summed E-state index contributed by atoms with van der Waals surface area (Å²) in [6.45, 7) is 4.67. The zero-order chi connectivity index (χ0) is 13.8. The number of anilines is 1. The van der Waals surface area contributed by atoms with Crippen molar-refractivity contribution in [3.8, 4) is 0 Å². The maximum absolute atomic E-state index is 11.6. The summed E-state index contributed by atoms with van der Waals surface area (Å²) in [5, 5.41) is 6.23. The highest BCUT2D eigenvalue weighted by atomic mass is 16.1. The van der Waals surface area contributed by atoms with Crippen molar-refractivity contribution in [2.24, 2.45) is 11.8 Å². The van der Waals surface area contributed by atoms with Gasteiger partial charge in [0.15, 0.2) is 0 Å². The second-order valence-electron chi connectivity index (χ2n) is 5.77. The Hall–Kier alpha value is -1.51. The summed E-state index contributed by atoms with van der Waals surface area (Å²) < 4.78 is 0. The highest BCUT2D eigenvalue weighted by Crippen LogP contribution is 2.31. The fourth-order valence-electron chi connectivity index (χ4n) is 2.81. The van der Waals surface area contributed by atoms with Crippen LogP contribution in [0.25, 0.3) is 0 Å². The van der Waals surface area contributed by atoms with Crippen LogP contribution in [0.2, 0.25) is 0 Å². The van der Waals surface area contributed by atoms with Gasteiger partial charge >= 0.3 is 0 Å². The lowest BCUT2D eigenvalue weighted by Gasteiger charge is -2.33. The Morgan fingerprint density at radius 3 is 2.68 bits per heavy atom. The van der Waals surface area contributed by atoms with Crippen LogP contribution in [0.15, 0.2) is 24.3 Å². The summed E-state index contributed by atoms with van der Waals surface area (Å²) in [7, 11) is 1.66. The molecular weight excluding hydrogens is 236 g/mol. The number of carbonyl (C=O) groups excluding carboxylic acids is 1. The van der Waals surface area contributed by atoms with E-state index in [9.17, 15) is 4.79 Å². The van der Waals surface area contributed by atoms with Gasteiger partial charge in [0.1, 0.15) is 0 Å². The Kier molecular flexibility index (Phi) is 4.46. The van der Waals surface area contributed by atoms with E-state index in [4.69, 9.17) is 0 Å². The van der Waals surface area contributed by atoms with Gasteiger partial charge < -0.3 is 10.6 Å². The van der Waals surface area contributed by atoms with E-state index in [1.54, 1.807) is 7.05 Å². The molecule has 19 heavy (non-hydrogen) atoms. The Morgan fingerprint density at radius 2 is 2.00 bits per heavy atom. The maximum Gasteiger partial charge on any atom is 0.251 e. The third-order valence-corrected chi connectivity index (χ3v) is 4.32. The first-order valence-corrected chi connectivity index (χ1v) is 7.19. The van der Waals surface area contributed by atoms with E-state index in [0.717, 1.165) is 17.5 Å². The van der Waals surface area contributed by atoms with E-state index in [-0.39, 0.29) is 5.91 Å². The lowest BCUT2D eigenvalue weighted by Crippen LogP contribution is -2.30. The van der Waals surface area contributed by atoms with Gasteiger partial charge in [-0.15, -0.1) is 0 Å². The molecular formula is C16H24N2O. The standard InChI is InChI=1S/C16H24N2O/c1-11-7-8-15(9-12(11)2)18-14-6-4-5-13(10-14)16(19)17-3/h4-6,10-12,15,18H,7-9H2,1-3H3,(H,17,19). The number of nitrogens with one attached hydrogen (secondary N) is 2. The van der Waals surface area contributed by atoms with Crippen molar-refractivity contribution in [1.29, 1.82) is 0 Å². The van der Waals surface area contributed by atoms with Crippen molar-refractivity contribution in [1.82, 2.24) is 5.32 Å². The molecule has 2 N–H and O–H groups in total. The van der Waals surface area contributed by atoms with Gasteiger partial charge in [-0.25, -0.2) is 0 Å². The van der Waals surface area contributed by atoms with Crippen LogP contribution in [0.4, 0.5) is 5.69 Å². The zero-order valence-corrected chi connectivity index (χ0v) is 12.1. The minimum atomic E-state index is -0.0331. The normalized spacial score (nSPS) is 26.8. The Labute approximate surface area is 115 Å². The Morgan fingerprint density at radius 1 is 1.21 bits per heavy atom. The third kappa shape index (κ3) is 3.49. The van der Waals surface area contributed by atoms with Crippen LogP contribution >= 0.6 is 0 Å². The molecule has 1 aliphatic carbocycles. The molecule has 1 saturated carbocycles. The van der Waals surface area contributed by atoms with Crippen molar-refractivity contribution >= 4 is 11.6 Å². The van der Waals surface area contributed by atoms with Crippen LogP contribution in [0, 0.1) is 11.8 Å². The fraction of sp³-hybridized carbons (Fsp3) is 0.562. The van der Waals surface area contributed by atoms with Gasteiger partial charge in [0.2, 0.25) is 0 Å². The molecule has 1 aromatic carbocycles. The van der Waals surface area contributed by atoms with E-state index in [2.05, 4.69) is 24.5 Å². The number of carbonyl (C=O) groups is 1. The van der Waals surface area contributed by atoms with Gasteiger partial charge in [-0.1, -0.05) is 19.9 Å². The van der Waals surface area contributed by atoms with Gasteiger partial charge in [-0.2, -0.15) is 0 Å². The average Bonchev–Trinajstić information content (AvgIpc) is 2.42. The van der Waals surface area contributed by atoms with Gasteiger partial charge in [0.05, 0.1) is 0 Å². The summed E-state index contributed by atoms with van der Waals surface area (Å²) in [5.74, 6) is 1.57. The molecule has 0 saturated heterocycles. The minimum absolute atomic E-state index is 0.0331. The molecule has 0 aliphatic heterocycles. The first kappa shape index (κ1) is 13.9. The van der Waals surface area contributed by atoms with Crippen molar-refractivity contribution < 1.29 is 4.79 Å².